The van der Waals surface area contributed by atoms with Gasteiger partial charge >= 0.3 is 0 Å². The zero-order valence-corrected chi connectivity index (χ0v) is 8.52. The molecular weight excluding hydrogens is 168 g/mol. The van der Waals surface area contributed by atoms with Gasteiger partial charge in [0.15, 0.2) is 0 Å². The van der Waals surface area contributed by atoms with Crippen molar-refractivity contribution in [3.8, 4) is 0 Å². The summed E-state index contributed by atoms with van der Waals surface area (Å²) in [6.45, 7) is 5.53. The molecule has 13 heavy (non-hydrogen) atoms. The van der Waals surface area contributed by atoms with Crippen LogP contribution >= 0.6 is 0 Å². The van der Waals surface area contributed by atoms with E-state index in [9.17, 15) is 4.79 Å². The Kier molecular flexibility index (Phi) is 3.27. The lowest BCUT2D eigenvalue weighted by Crippen LogP contribution is -2.55. The lowest BCUT2D eigenvalue weighted by molar-refractivity contribution is -0.126. The quantitative estimate of drug-likeness (QED) is 0.646. The van der Waals surface area contributed by atoms with Gasteiger partial charge in [0, 0.05) is 26.6 Å². The molecule has 0 spiro atoms. The topological polar surface area (TPSA) is 50.4 Å². The average Bonchev–Trinajstić information content (AvgIpc) is 2.09. The van der Waals surface area contributed by atoms with Crippen LogP contribution in [-0.4, -0.2) is 37.7 Å². The number of rotatable bonds is 3. The van der Waals surface area contributed by atoms with Gasteiger partial charge in [-0.1, -0.05) is 0 Å². The first-order valence-electron chi connectivity index (χ1n) is 4.61. The van der Waals surface area contributed by atoms with E-state index in [2.05, 4.69) is 10.6 Å². The second-order valence-corrected chi connectivity index (χ2v) is 3.97. The maximum absolute atomic E-state index is 11.4. The van der Waals surface area contributed by atoms with Gasteiger partial charge in [-0.2, -0.15) is 0 Å². The van der Waals surface area contributed by atoms with Gasteiger partial charge in [-0.3, -0.25) is 4.79 Å². The smallest absolute Gasteiger partial charge is 0.237 e. The maximum atomic E-state index is 11.4. The van der Waals surface area contributed by atoms with Crippen LogP contribution in [0, 0.1) is 0 Å². The third-order valence-corrected chi connectivity index (χ3v) is 2.38. The largest absolute Gasteiger partial charge is 0.379 e. The highest BCUT2D eigenvalue weighted by atomic mass is 16.5. The highest BCUT2D eigenvalue weighted by molar-refractivity contribution is 5.82. The van der Waals surface area contributed by atoms with E-state index in [1.54, 1.807) is 7.11 Å². The summed E-state index contributed by atoms with van der Waals surface area (Å²) in [5.41, 5.74) is -0.244. The molecule has 0 unspecified atom stereocenters. The van der Waals surface area contributed by atoms with Crippen LogP contribution in [0.5, 0.6) is 0 Å². The monoisotopic (exact) mass is 186 g/mol. The molecule has 1 atom stereocenters. The third kappa shape index (κ3) is 2.97. The third-order valence-electron chi connectivity index (χ3n) is 2.38. The Bertz CT molecular complexity index is 192. The number of piperazine rings is 1. The van der Waals surface area contributed by atoms with Crippen LogP contribution in [0.4, 0.5) is 0 Å². The molecule has 1 aliphatic heterocycles. The van der Waals surface area contributed by atoms with Gasteiger partial charge in [0.05, 0.1) is 11.6 Å². The van der Waals surface area contributed by atoms with Crippen LogP contribution < -0.4 is 10.6 Å². The maximum Gasteiger partial charge on any atom is 0.237 e. The minimum absolute atomic E-state index is 0.0800. The number of ether oxygens (including phenoxy) is 1. The summed E-state index contributed by atoms with van der Waals surface area (Å²) in [6.07, 6.45) is 0.704. The van der Waals surface area contributed by atoms with Crippen molar-refractivity contribution in [1.82, 2.24) is 10.6 Å². The second-order valence-electron chi connectivity index (χ2n) is 3.97. The zero-order chi connectivity index (χ0) is 9.90. The molecule has 1 saturated heterocycles. The molecule has 4 nitrogen and oxygen atoms in total. The highest BCUT2D eigenvalue weighted by Crippen LogP contribution is 2.16. The Morgan fingerprint density at radius 1 is 1.54 bits per heavy atom. The van der Waals surface area contributed by atoms with Crippen molar-refractivity contribution in [2.75, 3.05) is 20.2 Å². The molecule has 0 aromatic heterocycles. The summed E-state index contributed by atoms with van der Waals surface area (Å²) in [7, 11) is 1.67. The molecule has 1 aliphatic rings. The lowest BCUT2D eigenvalue weighted by atomic mass is 9.97. The highest BCUT2D eigenvalue weighted by Gasteiger charge is 2.28. The van der Waals surface area contributed by atoms with Gasteiger partial charge in [-0.15, -0.1) is 0 Å². The molecule has 2 N–H and O–H groups in total. The van der Waals surface area contributed by atoms with Gasteiger partial charge in [-0.25, -0.2) is 0 Å². The first-order chi connectivity index (χ1) is 6.05. The molecule has 0 saturated carbocycles. The Hall–Kier alpha value is -0.610. The SMILES string of the molecule is COC(C)(C)C[C@@H]1NCCNC1=O. The standard InChI is InChI=1S/C9H18N2O2/c1-9(2,13-3)6-7-8(12)11-5-4-10-7/h7,10H,4-6H2,1-3H3,(H,11,12)/t7-/m0/s1. The molecule has 1 rings (SSSR count). The molecule has 1 fully saturated rings. The number of hydrogen-bond donors (Lipinski definition) is 2. The first-order valence-corrected chi connectivity index (χ1v) is 4.61. The van der Waals surface area contributed by atoms with Crippen molar-refractivity contribution in [3.05, 3.63) is 0 Å². The van der Waals surface area contributed by atoms with Crippen molar-refractivity contribution in [2.45, 2.75) is 31.9 Å². The van der Waals surface area contributed by atoms with E-state index in [1.807, 2.05) is 13.8 Å². The van der Waals surface area contributed by atoms with E-state index in [-0.39, 0.29) is 17.6 Å². The molecular formula is C9H18N2O2. The summed E-state index contributed by atoms with van der Waals surface area (Å²) in [4.78, 5) is 11.4. The minimum atomic E-state index is -0.244. The van der Waals surface area contributed by atoms with E-state index < -0.39 is 0 Å². The Labute approximate surface area is 79.0 Å². The molecule has 0 radical (unpaired) electrons. The normalized spacial score (nSPS) is 24.2. The lowest BCUT2D eigenvalue weighted by Gasteiger charge is -2.30. The molecule has 76 valence electrons. The number of carbonyl (C=O) groups is 1. The van der Waals surface area contributed by atoms with E-state index in [0.717, 1.165) is 13.1 Å². The number of methoxy groups -OCH3 is 1. The van der Waals surface area contributed by atoms with Crippen molar-refractivity contribution in [1.29, 1.82) is 0 Å². The summed E-state index contributed by atoms with van der Waals surface area (Å²) in [5, 5.41) is 5.99. The summed E-state index contributed by atoms with van der Waals surface area (Å²) in [5.74, 6) is 0.0800. The zero-order valence-electron chi connectivity index (χ0n) is 8.52. The molecule has 0 aromatic rings. The van der Waals surface area contributed by atoms with Crippen LogP contribution in [0.3, 0.4) is 0 Å². The number of amides is 1. The summed E-state index contributed by atoms with van der Waals surface area (Å²) in [6, 6.07) is -0.108. The Balaban J connectivity index is 2.47. The van der Waals surface area contributed by atoms with Crippen molar-refractivity contribution in [3.63, 3.8) is 0 Å². The van der Waals surface area contributed by atoms with Gasteiger partial charge in [0.25, 0.3) is 0 Å². The van der Waals surface area contributed by atoms with E-state index in [0.29, 0.717) is 6.42 Å². The van der Waals surface area contributed by atoms with Crippen LogP contribution in [0.2, 0.25) is 0 Å². The van der Waals surface area contributed by atoms with Gasteiger partial charge in [0.1, 0.15) is 0 Å². The fourth-order valence-corrected chi connectivity index (χ4v) is 1.39. The van der Waals surface area contributed by atoms with Gasteiger partial charge in [0.2, 0.25) is 5.91 Å². The van der Waals surface area contributed by atoms with Crippen LogP contribution in [0.15, 0.2) is 0 Å². The Morgan fingerprint density at radius 3 is 2.77 bits per heavy atom. The van der Waals surface area contributed by atoms with Crippen LogP contribution in [0.25, 0.3) is 0 Å². The predicted octanol–water partition coefficient (Wildman–Crippen LogP) is -0.110. The molecule has 0 aliphatic carbocycles. The van der Waals surface area contributed by atoms with Crippen molar-refractivity contribution >= 4 is 5.91 Å². The number of nitrogens with one attached hydrogen (secondary N) is 2. The second kappa shape index (κ2) is 4.07. The van der Waals surface area contributed by atoms with E-state index >= 15 is 0 Å². The molecule has 0 aromatic carbocycles. The minimum Gasteiger partial charge on any atom is -0.379 e. The van der Waals surface area contributed by atoms with Crippen LogP contribution in [-0.2, 0) is 9.53 Å². The fraction of sp³-hybridized carbons (Fsp3) is 0.889. The fourth-order valence-electron chi connectivity index (χ4n) is 1.39. The van der Waals surface area contributed by atoms with Crippen LogP contribution in [0.1, 0.15) is 20.3 Å². The van der Waals surface area contributed by atoms with Crippen molar-refractivity contribution < 1.29 is 9.53 Å². The number of carbonyl (C=O) groups excluding carboxylic acids is 1. The van der Waals surface area contributed by atoms with E-state index in [1.165, 1.54) is 0 Å². The molecule has 4 heteroatoms. The average molecular weight is 186 g/mol. The first kappa shape index (κ1) is 10.5. The van der Waals surface area contributed by atoms with Gasteiger partial charge in [-0.05, 0) is 13.8 Å². The molecule has 0 bridgehead atoms. The van der Waals surface area contributed by atoms with Gasteiger partial charge < -0.3 is 15.4 Å². The summed E-state index contributed by atoms with van der Waals surface area (Å²) < 4.78 is 5.27. The van der Waals surface area contributed by atoms with E-state index in [4.69, 9.17) is 4.74 Å². The predicted molar refractivity (Wildman–Crippen MR) is 50.5 cm³/mol. The van der Waals surface area contributed by atoms with Crippen molar-refractivity contribution in [2.24, 2.45) is 0 Å². The molecule has 1 amide bonds. The molecule has 1 heterocycles. The number of hydrogen-bond acceptors (Lipinski definition) is 3. The summed E-state index contributed by atoms with van der Waals surface area (Å²) >= 11 is 0. The Morgan fingerprint density at radius 2 is 2.23 bits per heavy atom.